The van der Waals surface area contributed by atoms with Crippen LogP contribution in [0.2, 0.25) is 5.02 Å². The van der Waals surface area contributed by atoms with Gasteiger partial charge in [-0.05, 0) is 36.8 Å². The molecule has 1 amide bonds. The van der Waals surface area contributed by atoms with Crippen LogP contribution in [-0.2, 0) is 10.5 Å². The van der Waals surface area contributed by atoms with Crippen LogP contribution in [0.3, 0.4) is 0 Å². The number of para-hydroxylation sites is 1. The first kappa shape index (κ1) is 23.9. The average Bonchev–Trinajstić information content (AvgIpc) is 3.30. The predicted molar refractivity (Wildman–Crippen MR) is 141 cm³/mol. The summed E-state index contributed by atoms with van der Waals surface area (Å²) in [5, 5.41) is 12.3. The molecule has 2 aromatic carbocycles. The Labute approximate surface area is 217 Å². The average molecular weight is 519 g/mol. The van der Waals surface area contributed by atoms with Crippen molar-refractivity contribution in [2.45, 2.75) is 23.9 Å². The van der Waals surface area contributed by atoms with Crippen molar-refractivity contribution in [2.24, 2.45) is 0 Å². The van der Waals surface area contributed by atoms with E-state index in [1.54, 1.807) is 36.3 Å². The summed E-state index contributed by atoms with van der Waals surface area (Å²) in [5.74, 6) is 1.54. The minimum atomic E-state index is -0.559. The predicted octanol–water partition coefficient (Wildman–Crippen LogP) is 5.56. The molecule has 36 heavy (non-hydrogen) atoms. The number of allylic oxidation sites excluding steroid dienone is 1. The molecule has 3 heterocycles. The number of hydrogen-bond acceptors (Lipinski definition) is 7. The van der Waals surface area contributed by atoms with E-state index in [0.717, 1.165) is 11.1 Å². The maximum atomic E-state index is 13.6. The fraction of sp³-hybridized carbons (Fsp3) is 0.154. The van der Waals surface area contributed by atoms with Gasteiger partial charge < -0.3 is 15.4 Å². The zero-order chi connectivity index (χ0) is 25.1. The van der Waals surface area contributed by atoms with E-state index < -0.39 is 6.04 Å². The summed E-state index contributed by atoms with van der Waals surface area (Å²) in [5.41, 5.74) is 3.57. The molecule has 0 unspecified atom stereocenters. The van der Waals surface area contributed by atoms with Gasteiger partial charge in [0.15, 0.2) is 0 Å². The number of hydrogen-bond donors (Lipinski definition) is 2. The molecule has 8 nitrogen and oxygen atoms in total. The van der Waals surface area contributed by atoms with Crippen LogP contribution in [0.1, 0.15) is 24.1 Å². The SMILES string of the molecule is COc1ccccc1[C@H]1C(C(=O)Nc2cccnc2)=C(C)Nc2nc(SCc3ccccc3Cl)nn21. The second kappa shape index (κ2) is 10.4. The number of amides is 1. The Balaban J connectivity index is 1.53. The summed E-state index contributed by atoms with van der Waals surface area (Å²) in [6.45, 7) is 1.86. The van der Waals surface area contributed by atoms with Gasteiger partial charge in [0.2, 0.25) is 11.1 Å². The molecule has 0 bridgehead atoms. The van der Waals surface area contributed by atoms with Gasteiger partial charge in [-0.3, -0.25) is 9.78 Å². The molecule has 0 saturated carbocycles. The number of anilines is 2. The van der Waals surface area contributed by atoms with Gasteiger partial charge in [0, 0.05) is 28.2 Å². The molecule has 0 aliphatic carbocycles. The van der Waals surface area contributed by atoms with Gasteiger partial charge in [-0.1, -0.05) is 59.8 Å². The first-order chi connectivity index (χ1) is 17.5. The fourth-order valence-corrected chi connectivity index (χ4v) is 5.17. The lowest BCUT2D eigenvalue weighted by Crippen LogP contribution is -2.31. The second-order valence-electron chi connectivity index (χ2n) is 8.05. The Morgan fingerprint density at radius 2 is 1.97 bits per heavy atom. The lowest BCUT2D eigenvalue weighted by atomic mass is 9.94. The van der Waals surface area contributed by atoms with Crippen LogP contribution in [-0.4, -0.2) is 32.8 Å². The highest BCUT2D eigenvalue weighted by Crippen LogP contribution is 2.40. The molecule has 182 valence electrons. The first-order valence-corrected chi connectivity index (χ1v) is 12.6. The standard InChI is InChI=1S/C26H23ClN6O2S/c1-16-22(24(34)30-18-9-7-13-28-14-18)23(19-10-4-6-12-21(19)35-2)33-25(29-16)31-26(32-33)36-15-17-8-3-5-11-20(17)27/h3-14,23H,15H2,1-2H3,(H,30,34)(H,29,31,32)/t23-/m0/s1. The minimum Gasteiger partial charge on any atom is -0.496 e. The summed E-state index contributed by atoms with van der Waals surface area (Å²) in [7, 11) is 1.61. The molecule has 0 spiro atoms. The third-order valence-electron chi connectivity index (χ3n) is 5.75. The normalized spacial score (nSPS) is 14.7. The zero-order valence-electron chi connectivity index (χ0n) is 19.6. The molecule has 0 fully saturated rings. The summed E-state index contributed by atoms with van der Waals surface area (Å²) in [6.07, 6.45) is 3.26. The number of halogens is 1. The number of benzene rings is 2. The highest BCUT2D eigenvalue weighted by molar-refractivity contribution is 7.98. The summed E-state index contributed by atoms with van der Waals surface area (Å²) in [4.78, 5) is 22.4. The zero-order valence-corrected chi connectivity index (χ0v) is 21.2. The van der Waals surface area contributed by atoms with Crippen LogP contribution in [0.4, 0.5) is 11.6 Å². The fourth-order valence-electron chi connectivity index (χ4n) is 4.06. The maximum absolute atomic E-state index is 13.6. The molecule has 5 rings (SSSR count). The van der Waals surface area contributed by atoms with Crippen molar-refractivity contribution in [3.8, 4) is 5.75 Å². The smallest absolute Gasteiger partial charge is 0.255 e. The number of methoxy groups -OCH3 is 1. The van der Waals surface area contributed by atoms with Crippen LogP contribution >= 0.6 is 23.4 Å². The quantitative estimate of drug-likeness (QED) is 0.309. The first-order valence-electron chi connectivity index (χ1n) is 11.2. The van der Waals surface area contributed by atoms with Crippen molar-refractivity contribution in [2.75, 3.05) is 17.7 Å². The van der Waals surface area contributed by atoms with E-state index in [1.165, 1.54) is 11.8 Å². The van der Waals surface area contributed by atoms with E-state index in [1.807, 2.05) is 55.5 Å². The lowest BCUT2D eigenvalue weighted by Gasteiger charge is -2.29. The summed E-state index contributed by atoms with van der Waals surface area (Å²) >= 11 is 7.80. The van der Waals surface area contributed by atoms with Gasteiger partial charge >= 0.3 is 0 Å². The van der Waals surface area contributed by atoms with Crippen molar-refractivity contribution < 1.29 is 9.53 Å². The molecule has 1 aliphatic heterocycles. The van der Waals surface area contributed by atoms with Crippen molar-refractivity contribution >= 4 is 40.9 Å². The summed E-state index contributed by atoms with van der Waals surface area (Å²) in [6, 6.07) is 18.3. The molecule has 2 N–H and O–H groups in total. The molecule has 1 aliphatic rings. The van der Waals surface area contributed by atoms with E-state index in [9.17, 15) is 4.79 Å². The van der Waals surface area contributed by atoms with E-state index in [2.05, 4.69) is 15.6 Å². The van der Waals surface area contributed by atoms with E-state index >= 15 is 0 Å². The number of aromatic nitrogens is 4. The lowest BCUT2D eigenvalue weighted by molar-refractivity contribution is -0.113. The van der Waals surface area contributed by atoms with Crippen LogP contribution in [0.25, 0.3) is 0 Å². The molecule has 1 atom stereocenters. The second-order valence-corrected chi connectivity index (χ2v) is 9.40. The van der Waals surface area contributed by atoms with Gasteiger partial charge in [0.25, 0.3) is 5.91 Å². The number of rotatable bonds is 7. The Morgan fingerprint density at radius 3 is 2.75 bits per heavy atom. The number of thioether (sulfide) groups is 1. The number of pyridine rings is 1. The van der Waals surface area contributed by atoms with Crippen LogP contribution in [0.15, 0.2) is 89.5 Å². The number of carbonyl (C=O) groups is 1. The molecule has 0 radical (unpaired) electrons. The van der Waals surface area contributed by atoms with Gasteiger partial charge in [0.1, 0.15) is 11.8 Å². The molecular formula is C26H23ClN6O2S. The molecular weight excluding hydrogens is 496 g/mol. The van der Waals surface area contributed by atoms with Gasteiger partial charge in [-0.2, -0.15) is 4.98 Å². The monoisotopic (exact) mass is 518 g/mol. The molecule has 2 aromatic heterocycles. The minimum absolute atomic E-state index is 0.268. The van der Waals surface area contributed by atoms with Crippen LogP contribution < -0.4 is 15.4 Å². The van der Waals surface area contributed by atoms with Gasteiger partial charge in [0.05, 0.1) is 24.6 Å². The number of ether oxygens (including phenoxy) is 1. The number of nitrogens with zero attached hydrogens (tertiary/aromatic N) is 4. The van der Waals surface area contributed by atoms with Crippen molar-refractivity contribution in [1.29, 1.82) is 0 Å². The van der Waals surface area contributed by atoms with Crippen molar-refractivity contribution in [3.05, 3.63) is 100 Å². The van der Waals surface area contributed by atoms with E-state index in [-0.39, 0.29) is 5.91 Å². The van der Waals surface area contributed by atoms with Crippen molar-refractivity contribution in [3.63, 3.8) is 0 Å². The molecule has 0 saturated heterocycles. The Hall–Kier alpha value is -3.82. The number of carbonyl (C=O) groups excluding carboxylic acids is 1. The molecule has 10 heteroatoms. The highest BCUT2D eigenvalue weighted by atomic mass is 35.5. The van der Waals surface area contributed by atoms with Crippen LogP contribution in [0, 0.1) is 0 Å². The third-order valence-corrected chi connectivity index (χ3v) is 7.00. The van der Waals surface area contributed by atoms with Gasteiger partial charge in [-0.25, -0.2) is 4.68 Å². The van der Waals surface area contributed by atoms with Crippen LogP contribution in [0.5, 0.6) is 5.75 Å². The largest absolute Gasteiger partial charge is 0.496 e. The number of fused-ring (bicyclic) bond motifs is 1. The number of nitrogens with one attached hydrogen (secondary N) is 2. The third kappa shape index (κ3) is 4.80. The Bertz CT molecular complexity index is 1440. The van der Waals surface area contributed by atoms with Gasteiger partial charge in [-0.15, -0.1) is 5.10 Å². The molecule has 4 aromatic rings. The van der Waals surface area contributed by atoms with E-state index in [0.29, 0.717) is 44.6 Å². The topological polar surface area (TPSA) is 94.0 Å². The highest BCUT2D eigenvalue weighted by Gasteiger charge is 2.36. The Kier molecular flexibility index (Phi) is 6.92. The Morgan fingerprint density at radius 1 is 1.17 bits per heavy atom. The van der Waals surface area contributed by atoms with E-state index in [4.69, 9.17) is 26.4 Å². The summed E-state index contributed by atoms with van der Waals surface area (Å²) < 4.78 is 7.39. The maximum Gasteiger partial charge on any atom is 0.255 e. The van der Waals surface area contributed by atoms with Crippen molar-refractivity contribution in [1.82, 2.24) is 19.7 Å².